The van der Waals surface area contributed by atoms with Crippen molar-refractivity contribution < 1.29 is 4.39 Å². The minimum Gasteiger partial charge on any atom is -0.324 e. The van der Waals surface area contributed by atoms with Crippen molar-refractivity contribution in [2.75, 3.05) is 0 Å². The van der Waals surface area contributed by atoms with Crippen LogP contribution in [-0.4, -0.2) is 16.8 Å². The van der Waals surface area contributed by atoms with E-state index in [9.17, 15) is 4.39 Å². The number of fused-ring (bicyclic) bond motifs is 1. The van der Waals surface area contributed by atoms with Gasteiger partial charge in [0.2, 0.25) is 0 Å². The van der Waals surface area contributed by atoms with Crippen LogP contribution in [0.3, 0.4) is 0 Å². The van der Waals surface area contributed by atoms with E-state index in [1.807, 2.05) is 43.3 Å². The van der Waals surface area contributed by atoms with Crippen molar-refractivity contribution in [3.63, 3.8) is 0 Å². The minimum atomic E-state index is -0.348. The Bertz CT molecular complexity index is 709. The highest BCUT2D eigenvalue weighted by Crippen LogP contribution is 2.31. The first-order valence-electron chi connectivity index (χ1n) is 6.75. The van der Waals surface area contributed by atoms with Gasteiger partial charge in [0.05, 0.1) is 5.70 Å². The molecule has 1 aromatic carbocycles. The maximum absolute atomic E-state index is 13.7. The topological polar surface area (TPSA) is 41.6 Å². The number of allylic oxidation sites excluding steroid dienone is 3. The molecule has 3 rings (SSSR count). The number of nitrogens with zero attached hydrogens (tertiary/aromatic N) is 2. The molecule has 2 heterocycles. The number of benzene rings is 1. The van der Waals surface area contributed by atoms with Crippen LogP contribution >= 0.6 is 0 Å². The van der Waals surface area contributed by atoms with Crippen LogP contribution in [0.4, 0.5) is 4.39 Å². The number of amidine groups is 1. The van der Waals surface area contributed by atoms with Crippen molar-refractivity contribution >= 4 is 11.5 Å². The molecule has 0 saturated heterocycles. The lowest BCUT2D eigenvalue weighted by Crippen LogP contribution is -2.37. The van der Waals surface area contributed by atoms with Crippen molar-refractivity contribution in [3.8, 4) is 0 Å². The van der Waals surface area contributed by atoms with Crippen molar-refractivity contribution in [2.24, 2.45) is 10.7 Å². The van der Waals surface area contributed by atoms with Gasteiger partial charge in [0.1, 0.15) is 11.7 Å². The predicted octanol–water partition coefficient (Wildman–Crippen LogP) is 3.35. The zero-order valence-corrected chi connectivity index (χ0v) is 11.8. The second kappa shape index (κ2) is 5.14. The number of hydrogen-bond acceptors (Lipinski definition) is 3. The first-order chi connectivity index (χ1) is 10.1. The molecule has 0 amide bonds. The van der Waals surface area contributed by atoms with Crippen LogP contribution in [0.15, 0.2) is 77.4 Å². The van der Waals surface area contributed by atoms with Gasteiger partial charge < -0.3 is 5.73 Å². The molecule has 2 N–H and O–H groups in total. The van der Waals surface area contributed by atoms with Crippen molar-refractivity contribution in [2.45, 2.75) is 13.0 Å². The maximum atomic E-state index is 13.7. The summed E-state index contributed by atoms with van der Waals surface area (Å²) in [4.78, 5) is 6.28. The standard InChI is InChI=1S/C17H16FN3/c1-11-8-16(13-6-4-3-5-7-13)20-17-15(12(2)19)9-14(18)10-21(11)17/h3-10,12H,1,19H2,2H3. The van der Waals surface area contributed by atoms with Crippen molar-refractivity contribution in [1.82, 2.24) is 4.90 Å². The average Bonchev–Trinajstić information content (AvgIpc) is 2.48. The predicted molar refractivity (Wildman–Crippen MR) is 83.8 cm³/mol. The fraction of sp³-hybridized carbons (Fsp3) is 0.118. The summed E-state index contributed by atoms with van der Waals surface area (Å²) in [6, 6.07) is 9.50. The summed E-state index contributed by atoms with van der Waals surface area (Å²) in [5.74, 6) is 0.289. The summed E-state index contributed by atoms with van der Waals surface area (Å²) in [5.41, 5.74) is 9.07. The van der Waals surface area contributed by atoms with Gasteiger partial charge in [-0.2, -0.15) is 0 Å². The minimum absolute atomic E-state index is 0.311. The molecular formula is C17H16FN3. The normalized spacial score (nSPS) is 19.2. The van der Waals surface area contributed by atoms with E-state index in [1.54, 1.807) is 4.90 Å². The van der Waals surface area contributed by atoms with E-state index >= 15 is 0 Å². The monoisotopic (exact) mass is 281 g/mol. The van der Waals surface area contributed by atoms with E-state index in [0.29, 0.717) is 17.1 Å². The molecule has 3 nitrogen and oxygen atoms in total. The molecule has 0 bridgehead atoms. The lowest BCUT2D eigenvalue weighted by atomic mass is 10.0. The third-order valence-electron chi connectivity index (χ3n) is 3.43. The Hall–Kier alpha value is -2.46. The number of rotatable bonds is 2. The second-order valence-electron chi connectivity index (χ2n) is 5.09. The van der Waals surface area contributed by atoms with Crippen molar-refractivity contribution in [3.05, 3.63) is 77.9 Å². The highest BCUT2D eigenvalue weighted by atomic mass is 19.1. The Morgan fingerprint density at radius 1 is 1.24 bits per heavy atom. The van der Waals surface area contributed by atoms with Crippen LogP contribution in [0.1, 0.15) is 12.5 Å². The van der Waals surface area contributed by atoms with Gasteiger partial charge in [-0.15, -0.1) is 0 Å². The highest BCUT2D eigenvalue weighted by molar-refractivity contribution is 6.06. The molecule has 1 unspecified atom stereocenters. The number of aliphatic imine (C=N–C) groups is 1. The summed E-state index contributed by atoms with van der Waals surface area (Å²) in [7, 11) is 0. The molecule has 2 aliphatic rings. The van der Waals surface area contributed by atoms with Crippen LogP contribution in [0.5, 0.6) is 0 Å². The molecule has 4 heteroatoms. The molecule has 0 fully saturated rings. The summed E-state index contributed by atoms with van der Waals surface area (Å²) in [6.07, 6.45) is 4.65. The lowest BCUT2D eigenvalue weighted by Gasteiger charge is -2.32. The van der Waals surface area contributed by atoms with Crippen molar-refractivity contribution in [1.29, 1.82) is 0 Å². The quantitative estimate of drug-likeness (QED) is 0.903. The Morgan fingerprint density at radius 2 is 1.95 bits per heavy atom. The lowest BCUT2D eigenvalue weighted by molar-refractivity contribution is 0.595. The van der Waals surface area contributed by atoms with E-state index in [4.69, 9.17) is 5.73 Å². The van der Waals surface area contributed by atoms with E-state index < -0.39 is 0 Å². The Labute approximate surface area is 123 Å². The van der Waals surface area contributed by atoms with Gasteiger partial charge in [-0.1, -0.05) is 36.9 Å². The Morgan fingerprint density at radius 3 is 2.62 bits per heavy atom. The molecule has 0 aliphatic carbocycles. The third kappa shape index (κ3) is 2.45. The van der Waals surface area contributed by atoms with Crippen LogP contribution in [0.2, 0.25) is 0 Å². The van der Waals surface area contributed by atoms with E-state index in [0.717, 1.165) is 11.3 Å². The molecule has 2 aliphatic heterocycles. The smallest absolute Gasteiger partial charge is 0.142 e. The first-order valence-corrected chi connectivity index (χ1v) is 6.75. The molecule has 21 heavy (non-hydrogen) atoms. The summed E-state index contributed by atoms with van der Waals surface area (Å²) >= 11 is 0. The fourth-order valence-corrected chi connectivity index (χ4v) is 2.38. The maximum Gasteiger partial charge on any atom is 0.142 e. The Balaban J connectivity index is 2.09. The van der Waals surface area contributed by atoms with Crippen LogP contribution in [0.25, 0.3) is 5.70 Å². The van der Waals surface area contributed by atoms with Gasteiger partial charge in [0.15, 0.2) is 0 Å². The van der Waals surface area contributed by atoms with Gasteiger partial charge in [-0.05, 0) is 19.1 Å². The SMILES string of the molecule is C=C1C=C(c2ccccc2)N=C2C(C(C)N)=CC(F)=CN12. The third-order valence-corrected chi connectivity index (χ3v) is 3.43. The molecular weight excluding hydrogens is 265 g/mol. The van der Waals surface area contributed by atoms with Gasteiger partial charge in [0.25, 0.3) is 0 Å². The second-order valence-corrected chi connectivity index (χ2v) is 5.09. The first kappa shape index (κ1) is 13.5. The van der Waals surface area contributed by atoms with Gasteiger partial charge in [0, 0.05) is 29.1 Å². The number of nitrogens with two attached hydrogens (primary N) is 1. The zero-order valence-electron chi connectivity index (χ0n) is 11.8. The van der Waals surface area contributed by atoms with Crippen LogP contribution in [0, 0.1) is 0 Å². The van der Waals surface area contributed by atoms with Gasteiger partial charge in [-0.3, -0.25) is 4.90 Å². The highest BCUT2D eigenvalue weighted by Gasteiger charge is 2.27. The number of hydrogen-bond donors (Lipinski definition) is 1. The summed E-state index contributed by atoms with van der Waals surface area (Å²) in [6.45, 7) is 5.81. The molecule has 1 aromatic rings. The largest absolute Gasteiger partial charge is 0.324 e. The molecule has 1 atom stereocenters. The van der Waals surface area contributed by atoms with Gasteiger partial charge in [-0.25, -0.2) is 9.38 Å². The van der Waals surface area contributed by atoms with E-state index in [2.05, 4.69) is 11.6 Å². The molecule has 0 aromatic heterocycles. The fourth-order valence-electron chi connectivity index (χ4n) is 2.38. The molecule has 0 radical (unpaired) electrons. The zero-order chi connectivity index (χ0) is 15.0. The Kier molecular flexibility index (Phi) is 3.31. The molecule has 0 saturated carbocycles. The van der Waals surface area contributed by atoms with Crippen LogP contribution in [-0.2, 0) is 0 Å². The van der Waals surface area contributed by atoms with E-state index in [1.165, 1.54) is 12.3 Å². The molecule has 0 spiro atoms. The summed E-state index contributed by atoms with van der Waals surface area (Å²) < 4.78 is 13.7. The average molecular weight is 281 g/mol. The van der Waals surface area contributed by atoms with Crippen LogP contribution < -0.4 is 5.73 Å². The number of halogens is 1. The van der Waals surface area contributed by atoms with Gasteiger partial charge >= 0.3 is 0 Å². The summed E-state index contributed by atoms with van der Waals surface area (Å²) in [5, 5.41) is 0. The van der Waals surface area contributed by atoms with E-state index in [-0.39, 0.29) is 11.9 Å². The molecule has 106 valence electrons.